The fourth-order valence-electron chi connectivity index (χ4n) is 2.13. The van der Waals surface area contributed by atoms with Crippen molar-refractivity contribution in [1.82, 2.24) is 4.98 Å². The van der Waals surface area contributed by atoms with E-state index >= 15 is 0 Å². The van der Waals surface area contributed by atoms with Gasteiger partial charge in [0.2, 0.25) is 5.91 Å². The summed E-state index contributed by atoms with van der Waals surface area (Å²) < 4.78 is 4.61. The van der Waals surface area contributed by atoms with E-state index in [0.29, 0.717) is 5.82 Å². The van der Waals surface area contributed by atoms with Gasteiger partial charge in [-0.15, -0.1) is 0 Å². The van der Waals surface area contributed by atoms with Crippen LogP contribution in [0.25, 0.3) is 0 Å². The lowest BCUT2D eigenvalue weighted by Gasteiger charge is -2.13. The maximum Gasteiger partial charge on any atom is 0.341 e. The Labute approximate surface area is 142 Å². The molecule has 0 radical (unpaired) electrons. The van der Waals surface area contributed by atoms with Gasteiger partial charge in [0.25, 0.3) is 0 Å². The van der Waals surface area contributed by atoms with Crippen LogP contribution in [0.5, 0.6) is 11.5 Å². The summed E-state index contributed by atoms with van der Waals surface area (Å²) in [7, 11) is 1.15. The number of phenols is 2. The van der Waals surface area contributed by atoms with Crippen molar-refractivity contribution in [1.29, 1.82) is 0 Å². The second-order valence-corrected chi connectivity index (χ2v) is 5.22. The van der Waals surface area contributed by atoms with Gasteiger partial charge in [-0.2, -0.15) is 0 Å². The van der Waals surface area contributed by atoms with Gasteiger partial charge in [-0.1, -0.05) is 17.7 Å². The van der Waals surface area contributed by atoms with E-state index in [4.69, 9.17) is 11.6 Å². The van der Waals surface area contributed by atoms with Crippen LogP contribution in [0.4, 0.5) is 5.82 Å². The Morgan fingerprint density at radius 3 is 2.67 bits per heavy atom. The second kappa shape index (κ2) is 7.65. The van der Waals surface area contributed by atoms with Gasteiger partial charge in [-0.25, -0.2) is 9.78 Å². The van der Waals surface area contributed by atoms with E-state index in [1.54, 1.807) is 18.2 Å². The van der Waals surface area contributed by atoms with Crippen molar-refractivity contribution in [3.05, 3.63) is 46.6 Å². The van der Waals surface area contributed by atoms with Gasteiger partial charge >= 0.3 is 5.97 Å². The Kier molecular flexibility index (Phi) is 5.59. The first-order valence-corrected chi connectivity index (χ1v) is 7.34. The molecule has 1 aromatic carbocycles. The summed E-state index contributed by atoms with van der Waals surface area (Å²) >= 11 is 6.00. The Bertz CT molecular complexity index is 765. The SMILES string of the molecule is COC(=O)c1c(O)cc(O)c(Cl)c1CCC(=O)Nc1ccccn1. The van der Waals surface area contributed by atoms with E-state index in [1.165, 1.54) is 6.20 Å². The van der Waals surface area contributed by atoms with E-state index in [1.807, 2.05) is 0 Å². The van der Waals surface area contributed by atoms with Crippen molar-refractivity contribution in [3.63, 3.8) is 0 Å². The minimum Gasteiger partial charge on any atom is -0.507 e. The van der Waals surface area contributed by atoms with Crippen LogP contribution in [0.1, 0.15) is 22.3 Å². The molecule has 126 valence electrons. The number of ether oxygens (including phenoxy) is 1. The normalized spacial score (nSPS) is 10.2. The lowest BCUT2D eigenvalue weighted by molar-refractivity contribution is -0.116. The number of aromatic hydroxyl groups is 2. The Balaban J connectivity index is 2.19. The third kappa shape index (κ3) is 3.94. The van der Waals surface area contributed by atoms with Crippen LogP contribution in [-0.2, 0) is 16.0 Å². The molecule has 1 heterocycles. The number of nitrogens with one attached hydrogen (secondary N) is 1. The molecule has 0 aliphatic heterocycles. The van der Waals surface area contributed by atoms with Crippen LogP contribution in [0.2, 0.25) is 5.02 Å². The van der Waals surface area contributed by atoms with Gasteiger partial charge < -0.3 is 20.3 Å². The van der Waals surface area contributed by atoms with Crippen molar-refractivity contribution in [2.24, 2.45) is 0 Å². The van der Waals surface area contributed by atoms with E-state index in [0.717, 1.165) is 13.2 Å². The van der Waals surface area contributed by atoms with Crippen LogP contribution in [0.3, 0.4) is 0 Å². The number of benzene rings is 1. The summed E-state index contributed by atoms with van der Waals surface area (Å²) in [4.78, 5) is 27.8. The molecule has 1 amide bonds. The zero-order valence-corrected chi connectivity index (χ0v) is 13.5. The quantitative estimate of drug-likeness (QED) is 0.715. The zero-order valence-electron chi connectivity index (χ0n) is 12.7. The van der Waals surface area contributed by atoms with Gasteiger partial charge in [-0.3, -0.25) is 4.79 Å². The van der Waals surface area contributed by atoms with Gasteiger partial charge in [0.1, 0.15) is 22.9 Å². The fourth-order valence-corrected chi connectivity index (χ4v) is 2.37. The molecule has 0 fully saturated rings. The monoisotopic (exact) mass is 350 g/mol. The number of methoxy groups -OCH3 is 1. The number of amides is 1. The third-order valence-electron chi connectivity index (χ3n) is 3.25. The minimum absolute atomic E-state index is 0.0178. The molecule has 0 aliphatic carbocycles. The molecule has 0 aliphatic rings. The fraction of sp³-hybridized carbons (Fsp3) is 0.188. The highest BCUT2D eigenvalue weighted by molar-refractivity contribution is 6.33. The molecule has 8 heteroatoms. The number of carbonyl (C=O) groups is 2. The molecule has 2 aromatic rings. The number of hydrogen-bond acceptors (Lipinski definition) is 6. The van der Waals surface area contributed by atoms with Crippen LogP contribution in [0.15, 0.2) is 30.5 Å². The van der Waals surface area contributed by atoms with E-state index in [9.17, 15) is 19.8 Å². The number of anilines is 1. The van der Waals surface area contributed by atoms with Crippen LogP contribution in [-0.4, -0.2) is 34.2 Å². The molecular formula is C16H15ClN2O5. The number of halogens is 1. The zero-order chi connectivity index (χ0) is 17.7. The van der Waals surface area contributed by atoms with Crippen LogP contribution >= 0.6 is 11.6 Å². The van der Waals surface area contributed by atoms with Gasteiger partial charge in [0.15, 0.2) is 0 Å². The second-order valence-electron chi connectivity index (χ2n) is 4.84. The van der Waals surface area contributed by atoms with Crippen molar-refractivity contribution < 1.29 is 24.5 Å². The van der Waals surface area contributed by atoms with E-state index < -0.39 is 11.7 Å². The number of carbonyl (C=O) groups excluding carboxylic acids is 2. The first kappa shape index (κ1) is 17.6. The Morgan fingerprint density at radius 1 is 1.29 bits per heavy atom. The molecule has 24 heavy (non-hydrogen) atoms. The highest BCUT2D eigenvalue weighted by Crippen LogP contribution is 2.37. The molecule has 1 aromatic heterocycles. The molecular weight excluding hydrogens is 336 g/mol. The number of phenolic OH excluding ortho intramolecular Hbond substituents is 2. The van der Waals surface area contributed by atoms with E-state index in [-0.39, 0.29) is 40.6 Å². The first-order chi connectivity index (χ1) is 11.4. The van der Waals surface area contributed by atoms with Gasteiger partial charge in [-0.05, 0) is 24.1 Å². The van der Waals surface area contributed by atoms with Crippen molar-refractivity contribution >= 4 is 29.3 Å². The lowest BCUT2D eigenvalue weighted by Crippen LogP contribution is -2.15. The van der Waals surface area contributed by atoms with Crippen molar-refractivity contribution in [3.8, 4) is 11.5 Å². The third-order valence-corrected chi connectivity index (χ3v) is 3.67. The standard InChI is InChI=1S/C16H15ClN2O5/c1-24-16(23)14-9(15(17)11(21)8-10(14)20)5-6-13(22)19-12-4-2-3-7-18-12/h2-4,7-8,20-21H,5-6H2,1H3,(H,18,19,22). The average molecular weight is 351 g/mol. The highest BCUT2D eigenvalue weighted by atomic mass is 35.5. The molecule has 0 atom stereocenters. The maximum atomic E-state index is 12.0. The molecule has 7 nitrogen and oxygen atoms in total. The Morgan fingerprint density at radius 2 is 2.04 bits per heavy atom. The molecule has 0 saturated heterocycles. The average Bonchev–Trinajstić information content (AvgIpc) is 2.57. The molecule has 3 N–H and O–H groups in total. The van der Waals surface area contributed by atoms with Crippen LogP contribution in [0, 0.1) is 0 Å². The van der Waals surface area contributed by atoms with Crippen molar-refractivity contribution in [2.75, 3.05) is 12.4 Å². The molecule has 2 rings (SSSR count). The van der Waals surface area contributed by atoms with Gasteiger partial charge in [0.05, 0.1) is 12.1 Å². The summed E-state index contributed by atoms with van der Waals surface area (Å²) in [5.74, 6) is -1.63. The molecule has 0 saturated carbocycles. The lowest BCUT2D eigenvalue weighted by atomic mass is 10.0. The highest BCUT2D eigenvalue weighted by Gasteiger charge is 2.23. The first-order valence-electron chi connectivity index (χ1n) is 6.96. The smallest absolute Gasteiger partial charge is 0.341 e. The number of rotatable bonds is 5. The van der Waals surface area contributed by atoms with Gasteiger partial charge in [0, 0.05) is 18.7 Å². The molecule has 0 unspecified atom stereocenters. The number of esters is 1. The summed E-state index contributed by atoms with van der Waals surface area (Å²) in [6.07, 6.45) is 1.52. The number of aromatic nitrogens is 1. The van der Waals surface area contributed by atoms with Crippen LogP contribution < -0.4 is 5.32 Å². The summed E-state index contributed by atoms with van der Waals surface area (Å²) in [5, 5.41) is 22.1. The number of hydrogen-bond donors (Lipinski definition) is 3. The number of pyridine rings is 1. The van der Waals surface area contributed by atoms with Crippen molar-refractivity contribution in [2.45, 2.75) is 12.8 Å². The largest absolute Gasteiger partial charge is 0.507 e. The summed E-state index contributed by atoms with van der Waals surface area (Å²) in [6.45, 7) is 0. The number of nitrogens with zero attached hydrogens (tertiary/aromatic N) is 1. The molecule has 0 spiro atoms. The maximum absolute atomic E-state index is 12.0. The predicted molar refractivity (Wildman–Crippen MR) is 87.3 cm³/mol. The van der Waals surface area contributed by atoms with E-state index in [2.05, 4.69) is 15.0 Å². The molecule has 0 bridgehead atoms. The Hall–Kier alpha value is -2.80. The predicted octanol–water partition coefficient (Wildman–Crippen LogP) is 2.50. The topological polar surface area (TPSA) is 109 Å². The minimum atomic E-state index is -0.811. The summed E-state index contributed by atoms with van der Waals surface area (Å²) in [5.41, 5.74) is -0.0388. The summed E-state index contributed by atoms with van der Waals surface area (Å²) in [6, 6.07) is 6.02.